The van der Waals surface area contributed by atoms with Crippen LogP contribution in [-0.4, -0.2) is 21.2 Å². The average molecular weight is 380 g/mol. The molecular formula is C22H25N3OS. The normalized spacial score (nSPS) is 15.1. The number of carbonyl (C=O) groups is 1. The molecule has 27 heavy (non-hydrogen) atoms. The highest BCUT2D eigenvalue weighted by atomic mass is 32.2. The van der Waals surface area contributed by atoms with Crippen molar-refractivity contribution in [1.82, 2.24) is 14.9 Å². The van der Waals surface area contributed by atoms with Gasteiger partial charge in [-0.1, -0.05) is 48.2 Å². The van der Waals surface area contributed by atoms with Crippen molar-refractivity contribution in [3.8, 4) is 0 Å². The maximum absolute atomic E-state index is 12.5. The lowest BCUT2D eigenvalue weighted by Gasteiger charge is -2.15. The zero-order valence-corrected chi connectivity index (χ0v) is 16.8. The van der Waals surface area contributed by atoms with Crippen molar-refractivity contribution >= 4 is 28.4 Å². The highest BCUT2D eigenvalue weighted by molar-refractivity contribution is 7.99. The van der Waals surface area contributed by atoms with Crippen LogP contribution in [0.25, 0.3) is 10.8 Å². The Hall–Kier alpha value is -2.27. The van der Waals surface area contributed by atoms with E-state index in [0.29, 0.717) is 11.8 Å². The third kappa shape index (κ3) is 3.88. The van der Waals surface area contributed by atoms with Gasteiger partial charge in [0, 0.05) is 11.7 Å². The number of carbonyl (C=O) groups excluding carboxylic acids is 1. The minimum atomic E-state index is -0.0191. The van der Waals surface area contributed by atoms with E-state index < -0.39 is 0 Å². The van der Waals surface area contributed by atoms with Crippen molar-refractivity contribution in [3.63, 3.8) is 0 Å². The summed E-state index contributed by atoms with van der Waals surface area (Å²) in [7, 11) is 0. The Morgan fingerprint density at radius 3 is 2.70 bits per heavy atom. The number of hydrogen-bond acceptors (Lipinski definition) is 3. The second-order valence-corrected chi connectivity index (χ2v) is 8.29. The number of benzene rings is 2. The summed E-state index contributed by atoms with van der Waals surface area (Å²) in [5.74, 6) is 0.432. The van der Waals surface area contributed by atoms with E-state index in [2.05, 4.69) is 52.1 Å². The Labute approximate surface area is 164 Å². The van der Waals surface area contributed by atoms with Crippen LogP contribution < -0.4 is 5.32 Å². The number of amides is 1. The second kappa shape index (κ2) is 7.39. The Bertz CT molecular complexity index is 990. The van der Waals surface area contributed by atoms with Gasteiger partial charge in [0.25, 0.3) is 0 Å². The van der Waals surface area contributed by atoms with Crippen LogP contribution in [0.5, 0.6) is 0 Å². The van der Waals surface area contributed by atoms with Crippen molar-refractivity contribution in [2.75, 3.05) is 5.75 Å². The standard InChI is InChI=1S/C22H25N3OS/c1-14-16(3)25(20-10-11-20)22(24-14)27-13-21(26)23-15(2)18-9-8-17-6-4-5-7-19(17)12-18/h4-9,12,15,20H,10-11,13H2,1-3H3,(H,23,26)/t15-/m0/s1. The van der Waals surface area contributed by atoms with Gasteiger partial charge in [0.05, 0.1) is 17.5 Å². The van der Waals surface area contributed by atoms with E-state index in [4.69, 9.17) is 0 Å². The number of aromatic nitrogens is 2. The molecule has 3 aromatic rings. The van der Waals surface area contributed by atoms with Crippen molar-refractivity contribution in [3.05, 3.63) is 59.4 Å². The largest absolute Gasteiger partial charge is 0.349 e. The first kappa shape index (κ1) is 18.1. The van der Waals surface area contributed by atoms with Gasteiger partial charge >= 0.3 is 0 Å². The molecule has 1 aliphatic rings. The molecule has 1 saturated carbocycles. The van der Waals surface area contributed by atoms with E-state index in [0.717, 1.165) is 16.4 Å². The minimum absolute atomic E-state index is 0.0191. The lowest BCUT2D eigenvalue weighted by atomic mass is 10.0. The highest BCUT2D eigenvalue weighted by Crippen LogP contribution is 2.39. The minimum Gasteiger partial charge on any atom is -0.349 e. The van der Waals surface area contributed by atoms with E-state index in [9.17, 15) is 4.79 Å². The van der Waals surface area contributed by atoms with Crippen molar-refractivity contribution in [2.24, 2.45) is 0 Å². The summed E-state index contributed by atoms with van der Waals surface area (Å²) in [5, 5.41) is 6.51. The fourth-order valence-corrected chi connectivity index (χ4v) is 4.40. The Balaban J connectivity index is 1.39. The van der Waals surface area contributed by atoms with Crippen LogP contribution in [0.1, 0.15) is 48.8 Å². The van der Waals surface area contributed by atoms with Gasteiger partial charge in [-0.05, 0) is 56.0 Å². The highest BCUT2D eigenvalue weighted by Gasteiger charge is 2.28. The third-order valence-electron chi connectivity index (χ3n) is 5.25. The average Bonchev–Trinajstić information content (AvgIpc) is 3.46. The van der Waals surface area contributed by atoms with E-state index in [1.54, 1.807) is 0 Å². The van der Waals surface area contributed by atoms with Crippen LogP contribution in [0.4, 0.5) is 0 Å². The molecule has 0 spiro atoms. The summed E-state index contributed by atoms with van der Waals surface area (Å²) in [6.45, 7) is 6.19. The first-order chi connectivity index (χ1) is 13.0. The number of hydrogen-bond donors (Lipinski definition) is 1. The fourth-order valence-electron chi connectivity index (χ4n) is 3.43. The number of nitrogens with one attached hydrogen (secondary N) is 1. The molecule has 0 radical (unpaired) electrons. The first-order valence-electron chi connectivity index (χ1n) is 9.49. The number of fused-ring (bicyclic) bond motifs is 1. The van der Waals surface area contributed by atoms with Crippen LogP contribution in [0, 0.1) is 13.8 Å². The molecule has 1 fully saturated rings. The predicted molar refractivity (Wildman–Crippen MR) is 111 cm³/mol. The quantitative estimate of drug-likeness (QED) is 0.616. The summed E-state index contributed by atoms with van der Waals surface area (Å²) in [5.41, 5.74) is 3.41. The van der Waals surface area contributed by atoms with Crippen LogP contribution >= 0.6 is 11.8 Å². The SMILES string of the molecule is Cc1nc(SCC(=O)N[C@@H](C)c2ccc3ccccc3c2)n(C2CC2)c1C. The van der Waals surface area contributed by atoms with Crippen LogP contribution in [0.2, 0.25) is 0 Å². The van der Waals surface area contributed by atoms with Gasteiger partial charge in [0.2, 0.25) is 5.91 Å². The molecule has 2 aromatic carbocycles. The predicted octanol–water partition coefficient (Wildman–Crippen LogP) is 4.96. The molecule has 1 heterocycles. The van der Waals surface area contributed by atoms with Crippen molar-refractivity contribution < 1.29 is 4.79 Å². The van der Waals surface area contributed by atoms with E-state index in [-0.39, 0.29) is 11.9 Å². The number of rotatable bonds is 6. The third-order valence-corrected chi connectivity index (χ3v) is 6.20. The molecule has 1 N–H and O–H groups in total. The molecule has 0 bridgehead atoms. The summed E-state index contributed by atoms with van der Waals surface area (Å²) in [6.07, 6.45) is 2.44. The topological polar surface area (TPSA) is 46.9 Å². The molecule has 0 unspecified atom stereocenters. The van der Waals surface area contributed by atoms with E-state index >= 15 is 0 Å². The molecule has 0 saturated heterocycles. The lowest BCUT2D eigenvalue weighted by Crippen LogP contribution is -2.28. The van der Waals surface area contributed by atoms with Gasteiger partial charge in [0.1, 0.15) is 0 Å². The van der Waals surface area contributed by atoms with E-state index in [1.807, 2.05) is 26.0 Å². The molecule has 1 aromatic heterocycles. The molecule has 1 atom stereocenters. The van der Waals surface area contributed by atoms with Crippen LogP contribution in [0.3, 0.4) is 0 Å². The van der Waals surface area contributed by atoms with Gasteiger partial charge in [-0.25, -0.2) is 4.98 Å². The zero-order valence-electron chi connectivity index (χ0n) is 16.0. The van der Waals surface area contributed by atoms with Gasteiger partial charge in [-0.3, -0.25) is 4.79 Å². The number of thioether (sulfide) groups is 1. The second-order valence-electron chi connectivity index (χ2n) is 7.35. The Morgan fingerprint density at radius 1 is 1.22 bits per heavy atom. The number of nitrogens with zero attached hydrogens (tertiary/aromatic N) is 2. The van der Waals surface area contributed by atoms with Gasteiger partial charge < -0.3 is 9.88 Å². The Kier molecular flexibility index (Phi) is 4.96. The summed E-state index contributed by atoms with van der Waals surface area (Å²) < 4.78 is 2.31. The molecule has 4 nitrogen and oxygen atoms in total. The molecule has 4 rings (SSSR count). The molecule has 0 aliphatic heterocycles. The van der Waals surface area contributed by atoms with Gasteiger partial charge in [0.15, 0.2) is 5.16 Å². The van der Waals surface area contributed by atoms with Gasteiger partial charge in [-0.15, -0.1) is 0 Å². The zero-order chi connectivity index (χ0) is 19.0. The smallest absolute Gasteiger partial charge is 0.230 e. The molecular weight excluding hydrogens is 354 g/mol. The summed E-state index contributed by atoms with van der Waals surface area (Å²) >= 11 is 1.54. The number of aryl methyl sites for hydroxylation is 1. The van der Waals surface area contributed by atoms with Crippen molar-refractivity contribution in [2.45, 2.75) is 50.9 Å². The number of imidazole rings is 1. The van der Waals surface area contributed by atoms with E-state index in [1.165, 1.54) is 41.1 Å². The molecule has 1 amide bonds. The van der Waals surface area contributed by atoms with Crippen molar-refractivity contribution in [1.29, 1.82) is 0 Å². The molecule has 1 aliphatic carbocycles. The monoisotopic (exact) mass is 379 g/mol. The molecule has 5 heteroatoms. The molecule has 140 valence electrons. The maximum Gasteiger partial charge on any atom is 0.230 e. The summed E-state index contributed by atoms with van der Waals surface area (Å²) in [6, 6.07) is 15.2. The summed E-state index contributed by atoms with van der Waals surface area (Å²) in [4.78, 5) is 17.1. The van der Waals surface area contributed by atoms with Crippen LogP contribution in [0.15, 0.2) is 47.6 Å². The van der Waals surface area contributed by atoms with Crippen LogP contribution in [-0.2, 0) is 4.79 Å². The Morgan fingerprint density at radius 2 is 1.96 bits per heavy atom. The first-order valence-corrected chi connectivity index (χ1v) is 10.5. The van der Waals surface area contributed by atoms with Gasteiger partial charge in [-0.2, -0.15) is 0 Å². The lowest BCUT2D eigenvalue weighted by molar-refractivity contribution is -0.119. The fraction of sp³-hybridized carbons (Fsp3) is 0.364. The maximum atomic E-state index is 12.5.